The van der Waals surface area contributed by atoms with Crippen molar-refractivity contribution in [3.8, 4) is 0 Å². The van der Waals surface area contributed by atoms with E-state index in [4.69, 9.17) is 4.74 Å². The summed E-state index contributed by atoms with van der Waals surface area (Å²) in [5.41, 5.74) is 2.02. The summed E-state index contributed by atoms with van der Waals surface area (Å²) in [4.78, 5) is 11.7. The van der Waals surface area contributed by atoms with E-state index in [1.165, 1.54) is 5.56 Å². The van der Waals surface area contributed by atoms with Crippen LogP contribution in [0.15, 0.2) is 24.3 Å². The van der Waals surface area contributed by atoms with Crippen LogP contribution in [0.2, 0.25) is 0 Å². The summed E-state index contributed by atoms with van der Waals surface area (Å²) in [5.74, 6) is 0.00236. The summed E-state index contributed by atoms with van der Waals surface area (Å²) in [6, 6.07) is 7.78. The molecule has 0 aromatic heterocycles. The maximum absolute atomic E-state index is 11.7. The molecule has 1 aliphatic heterocycles. The lowest BCUT2D eigenvalue weighted by Gasteiger charge is -2.23. The van der Waals surface area contributed by atoms with E-state index in [0.717, 1.165) is 18.8 Å². The van der Waals surface area contributed by atoms with Crippen molar-refractivity contribution in [3.63, 3.8) is 0 Å². The summed E-state index contributed by atoms with van der Waals surface area (Å²) >= 11 is 0. The molecule has 1 aromatic carbocycles. The van der Waals surface area contributed by atoms with Crippen LogP contribution in [-0.4, -0.2) is 31.7 Å². The van der Waals surface area contributed by atoms with Gasteiger partial charge in [-0.05, 0) is 19.1 Å². The van der Waals surface area contributed by atoms with E-state index in [2.05, 4.69) is 10.6 Å². The number of nitrogens with one attached hydrogen (secondary N) is 2. The largest absolute Gasteiger partial charge is 0.375 e. The maximum Gasteiger partial charge on any atom is 0.227 e. The van der Waals surface area contributed by atoms with Crippen LogP contribution in [0.4, 0.5) is 5.69 Å². The van der Waals surface area contributed by atoms with Crippen LogP contribution in [0.25, 0.3) is 0 Å². The van der Waals surface area contributed by atoms with Crippen molar-refractivity contribution < 1.29 is 9.53 Å². The Morgan fingerprint density at radius 1 is 1.47 bits per heavy atom. The maximum atomic E-state index is 11.7. The molecule has 0 radical (unpaired) electrons. The number of anilines is 1. The third-order valence-corrected chi connectivity index (χ3v) is 2.75. The van der Waals surface area contributed by atoms with Crippen molar-refractivity contribution in [3.05, 3.63) is 29.8 Å². The molecule has 1 fully saturated rings. The number of carbonyl (C=O) groups excluding carboxylic acids is 1. The van der Waals surface area contributed by atoms with Gasteiger partial charge < -0.3 is 15.4 Å². The first kappa shape index (κ1) is 12.1. The van der Waals surface area contributed by atoms with E-state index in [1.807, 2.05) is 31.2 Å². The molecule has 0 aliphatic carbocycles. The van der Waals surface area contributed by atoms with E-state index in [-0.39, 0.29) is 12.0 Å². The zero-order chi connectivity index (χ0) is 12.1. The minimum Gasteiger partial charge on any atom is -0.375 e. The number of benzene rings is 1. The van der Waals surface area contributed by atoms with Gasteiger partial charge in [0.25, 0.3) is 0 Å². The Hall–Kier alpha value is -1.39. The lowest BCUT2D eigenvalue weighted by molar-refractivity contribution is -0.119. The molecule has 2 N–H and O–H groups in total. The van der Waals surface area contributed by atoms with Crippen LogP contribution in [0, 0.1) is 6.92 Å². The zero-order valence-electron chi connectivity index (χ0n) is 10.0. The fraction of sp³-hybridized carbons (Fsp3) is 0.462. The van der Waals surface area contributed by atoms with Crippen molar-refractivity contribution in [2.24, 2.45) is 0 Å². The molecule has 1 unspecified atom stereocenters. The molecule has 0 spiro atoms. The number of morpholine rings is 1. The number of rotatable bonds is 3. The highest BCUT2D eigenvalue weighted by Gasteiger charge is 2.17. The average molecular weight is 234 g/mol. The Labute approximate surface area is 101 Å². The monoisotopic (exact) mass is 234 g/mol. The number of hydrogen-bond donors (Lipinski definition) is 2. The third-order valence-electron chi connectivity index (χ3n) is 2.75. The first-order chi connectivity index (χ1) is 8.24. The normalized spacial score (nSPS) is 19.9. The summed E-state index contributed by atoms with van der Waals surface area (Å²) in [6.07, 6.45) is 0.398. The first-order valence-corrected chi connectivity index (χ1v) is 5.93. The smallest absolute Gasteiger partial charge is 0.227 e. The molecule has 1 aromatic rings. The molecule has 0 saturated carbocycles. The van der Waals surface area contributed by atoms with Crippen LogP contribution < -0.4 is 10.6 Å². The van der Waals surface area contributed by atoms with E-state index in [1.54, 1.807) is 0 Å². The van der Waals surface area contributed by atoms with Crippen molar-refractivity contribution >= 4 is 11.6 Å². The minimum atomic E-state index is -0.00537. The van der Waals surface area contributed by atoms with Gasteiger partial charge in [0.05, 0.1) is 19.1 Å². The minimum absolute atomic E-state index is 0.00236. The third kappa shape index (κ3) is 3.84. The van der Waals surface area contributed by atoms with Gasteiger partial charge in [-0.25, -0.2) is 0 Å². The number of amides is 1. The Morgan fingerprint density at radius 2 is 2.24 bits per heavy atom. The molecule has 1 atom stereocenters. The zero-order valence-corrected chi connectivity index (χ0v) is 10.0. The molecule has 17 heavy (non-hydrogen) atoms. The fourth-order valence-corrected chi connectivity index (χ4v) is 1.81. The van der Waals surface area contributed by atoms with Gasteiger partial charge in [0, 0.05) is 18.8 Å². The molecule has 2 rings (SSSR count). The van der Waals surface area contributed by atoms with E-state index < -0.39 is 0 Å². The molecule has 1 heterocycles. The van der Waals surface area contributed by atoms with Crippen LogP contribution >= 0.6 is 0 Å². The van der Waals surface area contributed by atoms with Crippen molar-refractivity contribution in [1.29, 1.82) is 0 Å². The summed E-state index contributed by atoms with van der Waals surface area (Å²) in [5, 5.41) is 6.08. The molecule has 1 aliphatic rings. The van der Waals surface area contributed by atoms with Crippen molar-refractivity contribution in [2.75, 3.05) is 25.0 Å². The highest BCUT2D eigenvalue weighted by atomic mass is 16.5. The Kier molecular flexibility index (Phi) is 4.12. The lowest BCUT2D eigenvalue weighted by atomic mass is 10.2. The van der Waals surface area contributed by atoms with Crippen molar-refractivity contribution in [2.45, 2.75) is 19.4 Å². The molecular weight excluding hydrogens is 216 g/mol. The Bertz CT molecular complexity index is 370. The van der Waals surface area contributed by atoms with Gasteiger partial charge in [0.1, 0.15) is 0 Å². The van der Waals surface area contributed by atoms with Gasteiger partial charge in [-0.3, -0.25) is 4.79 Å². The van der Waals surface area contributed by atoms with Crippen molar-refractivity contribution in [1.82, 2.24) is 5.32 Å². The van der Waals surface area contributed by atoms with Gasteiger partial charge in [0.2, 0.25) is 5.91 Å². The van der Waals surface area contributed by atoms with Crippen LogP contribution in [0.1, 0.15) is 12.0 Å². The van der Waals surface area contributed by atoms with Gasteiger partial charge in [-0.15, -0.1) is 0 Å². The predicted octanol–water partition coefficient (Wildman–Crippen LogP) is 1.31. The molecule has 0 bridgehead atoms. The van der Waals surface area contributed by atoms with Gasteiger partial charge >= 0.3 is 0 Å². The highest BCUT2D eigenvalue weighted by Crippen LogP contribution is 2.10. The first-order valence-electron chi connectivity index (χ1n) is 5.93. The number of hydrogen-bond acceptors (Lipinski definition) is 3. The van der Waals surface area contributed by atoms with Gasteiger partial charge in [0.15, 0.2) is 0 Å². The second-order valence-corrected chi connectivity index (χ2v) is 4.32. The molecular formula is C13H18N2O2. The SMILES string of the molecule is Cc1ccc(NC(=O)CC2CNCCO2)cc1. The predicted molar refractivity (Wildman–Crippen MR) is 67.0 cm³/mol. The standard InChI is InChI=1S/C13H18N2O2/c1-10-2-4-11(5-3-10)15-13(16)8-12-9-14-6-7-17-12/h2-5,12,14H,6-9H2,1H3,(H,15,16). The quantitative estimate of drug-likeness (QED) is 0.829. The molecule has 4 heteroatoms. The van der Waals surface area contributed by atoms with E-state index in [0.29, 0.717) is 13.0 Å². The summed E-state index contributed by atoms with van der Waals surface area (Å²) in [6.45, 7) is 4.33. The number of ether oxygens (including phenoxy) is 1. The number of aryl methyl sites for hydroxylation is 1. The number of carbonyl (C=O) groups is 1. The lowest BCUT2D eigenvalue weighted by Crippen LogP contribution is -2.40. The second kappa shape index (κ2) is 5.80. The molecule has 1 amide bonds. The van der Waals surface area contributed by atoms with Crippen LogP contribution in [-0.2, 0) is 9.53 Å². The van der Waals surface area contributed by atoms with Gasteiger partial charge in [-0.1, -0.05) is 17.7 Å². The van der Waals surface area contributed by atoms with Gasteiger partial charge in [-0.2, -0.15) is 0 Å². The topological polar surface area (TPSA) is 50.4 Å². The fourth-order valence-electron chi connectivity index (χ4n) is 1.81. The molecule has 92 valence electrons. The second-order valence-electron chi connectivity index (χ2n) is 4.32. The highest BCUT2D eigenvalue weighted by molar-refractivity contribution is 5.91. The Morgan fingerprint density at radius 3 is 2.88 bits per heavy atom. The van der Waals surface area contributed by atoms with E-state index >= 15 is 0 Å². The molecule has 4 nitrogen and oxygen atoms in total. The van der Waals surface area contributed by atoms with Crippen LogP contribution in [0.3, 0.4) is 0 Å². The summed E-state index contributed by atoms with van der Waals surface area (Å²) < 4.78 is 5.48. The molecule has 1 saturated heterocycles. The average Bonchev–Trinajstić information content (AvgIpc) is 2.33. The Balaban J connectivity index is 1.82. The van der Waals surface area contributed by atoms with Crippen LogP contribution in [0.5, 0.6) is 0 Å². The van der Waals surface area contributed by atoms with E-state index in [9.17, 15) is 4.79 Å². The summed E-state index contributed by atoms with van der Waals surface area (Å²) in [7, 11) is 0.